The summed E-state index contributed by atoms with van der Waals surface area (Å²) >= 11 is 0. The summed E-state index contributed by atoms with van der Waals surface area (Å²) in [4.78, 5) is 18.9. The van der Waals surface area contributed by atoms with Crippen LogP contribution >= 0.6 is 0 Å². The van der Waals surface area contributed by atoms with Gasteiger partial charge in [0.25, 0.3) is 0 Å². The topological polar surface area (TPSA) is 66.6 Å². The summed E-state index contributed by atoms with van der Waals surface area (Å²) < 4.78 is 11.9. The fourth-order valence-electron chi connectivity index (χ4n) is 6.05. The van der Waals surface area contributed by atoms with E-state index in [1.165, 1.54) is 18.4 Å². The van der Waals surface area contributed by atoms with Gasteiger partial charge in [-0.3, -0.25) is 9.69 Å². The van der Waals surface area contributed by atoms with E-state index in [2.05, 4.69) is 63.8 Å². The zero-order valence-corrected chi connectivity index (χ0v) is 24.2. The number of benzene rings is 3. The molecule has 3 heterocycles. The van der Waals surface area contributed by atoms with Crippen molar-refractivity contribution >= 4 is 39.9 Å². The fraction of sp³-hybridized carbons (Fsp3) is 0.343. The molecule has 6 heteroatoms. The van der Waals surface area contributed by atoms with Crippen LogP contribution in [0.3, 0.4) is 0 Å². The highest BCUT2D eigenvalue weighted by molar-refractivity contribution is 6.12. The number of piperidine rings is 1. The van der Waals surface area contributed by atoms with Crippen molar-refractivity contribution in [1.82, 2.24) is 15.2 Å². The van der Waals surface area contributed by atoms with E-state index in [0.29, 0.717) is 12.5 Å². The Balaban J connectivity index is 1.11. The molecule has 0 unspecified atom stereocenters. The van der Waals surface area contributed by atoms with Gasteiger partial charge in [-0.05, 0) is 100 Å². The normalized spacial score (nSPS) is 17.1. The highest BCUT2D eigenvalue weighted by atomic mass is 16.5. The van der Waals surface area contributed by atoms with Crippen molar-refractivity contribution in [3.63, 3.8) is 0 Å². The van der Waals surface area contributed by atoms with E-state index in [4.69, 9.17) is 9.47 Å². The Morgan fingerprint density at radius 2 is 1.93 bits per heavy atom. The smallest absolute Gasteiger partial charge is 0.244 e. The molecular weight excluding hydrogens is 510 g/mol. The average molecular weight is 550 g/mol. The first kappa shape index (κ1) is 27.2. The highest BCUT2D eigenvalue weighted by Crippen LogP contribution is 2.42. The molecule has 2 aliphatic heterocycles. The number of nitrogens with zero attached hydrogens (tertiary/aromatic N) is 1. The van der Waals surface area contributed by atoms with E-state index < -0.39 is 5.60 Å². The standard InChI is InChI=1S/C35H39N3O3/c1-35(2)17-13-28-33-30(29-22-27(40-3)10-11-31(29)37-33)21-26(34(28)41-35)9-12-32(39)36-18-14-24-15-19-38(20-16-24)23-25-7-5-4-6-8-25/h4-13,17,21-22,24,37H,14-16,18-20,23H2,1-3H3,(H,36,39)/b12-9+. The maximum Gasteiger partial charge on any atom is 0.244 e. The molecule has 4 aromatic rings. The van der Waals surface area contributed by atoms with Crippen LogP contribution in [0.1, 0.15) is 49.8 Å². The summed E-state index contributed by atoms with van der Waals surface area (Å²) in [5, 5.41) is 5.26. The lowest BCUT2D eigenvalue weighted by molar-refractivity contribution is -0.116. The van der Waals surface area contributed by atoms with Crippen LogP contribution in [0.15, 0.2) is 66.7 Å². The predicted octanol–water partition coefficient (Wildman–Crippen LogP) is 6.95. The number of hydrogen-bond donors (Lipinski definition) is 2. The molecule has 6 nitrogen and oxygen atoms in total. The Kier molecular flexibility index (Phi) is 7.59. The van der Waals surface area contributed by atoms with Gasteiger partial charge in [-0.1, -0.05) is 30.3 Å². The van der Waals surface area contributed by atoms with Gasteiger partial charge < -0.3 is 19.8 Å². The molecule has 212 valence electrons. The molecule has 3 aromatic carbocycles. The van der Waals surface area contributed by atoms with Crippen molar-refractivity contribution in [3.05, 3.63) is 83.4 Å². The largest absolute Gasteiger partial charge is 0.497 e. The number of aromatic nitrogens is 1. The third-order valence-corrected chi connectivity index (χ3v) is 8.36. The van der Waals surface area contributed by atoms with E-state index >= 15 is 0 Å². The molecule has 0 saturated carbocycles. The van der Waals surface area contributed by atoms with Gasteiger partial charge in [0.15, 0.2) is 0 Å². The first-order valence-electron chi connectivity index (χ1n) is 14.7. The number of carbonyl (C=O) groups is 1. The number of rotatable bonds is 8. The summed E-state index contributed by atoms with van der Waals surface area (Å²) in [5.41, 5.74) is 4.87. The zero-order valence-electron chi connectivity index (χ0n) is 24.2. The number of aromatic amines is 1. The van der Waals surface area contributed by atoms with Crippen LogP contribution in [0.2, 0.25) is 0 Å². The fourth-order valence-corrected chi connectivity index (χ4v) is 6.05. The molecule has 41 heavy (non-hydrogen) atoms. The van der Waals surface area contributed by atoms with Gasteiger partial charge in [-0.25, -0.2) is 0 Å². The number of amides is 1. The number of H-pyrrole nitrogens is 1. The van der Waals surface area contributed by atoms with Crippen molar-refractivity contribution in [1.29, 1.82) is 0 Å². The Hall–Kier alpha value is -4.03. The second-order valence-electron chi connectivity index (χ2n) is 11.8. The van der Waals surface area contributed by atoms with Crippen LogP contribution < -0.4 is 14.8 Å². The summed E-state index contributed by atoms with van der Waals surface area (Å²) in [7, 11) is 1.68. The molecule has 0 aliphatic carbocycles. The quantitative estimate of drug-likeness (QED) is 0.234. The third kappa shape index (κ3) is 6.03. The lowest BCUT2D eigenvalue weighted by Crippen LogP contribution is -2.34. The number of hydrogen-bond acceptors (Lipinski definition) is 4. The zero-order chi connectivity index (χ0) is 28.4. The van der Waals surface area contributed by atoms with E-state index in [9.17, 15) is 4.79 Å². The van der Waals surface area contributed by atoms with Gasteiger partial charge >= 0.3 is 0 Å². The van der Waals surface area contributed by atoms with Gasteiger partial charge in [-0.2, -0.15) is 0 Å². The maximum atomic E-state index is 12.8. The summed E-state index contributed by atoms with van der Waals surface area (Å²) in [6.45, 7) is 8.03. The minimum atomic E-state index is -0.433. The molecular formula is C35H39N3O3. The molecule has 1 aromatic heterocycles. The number of likely N-dealkylation sites (tertiary alicyclic amines) is 1. The minimum Gasteiger partial charge on any atom is -0.497 e. The van der Waals surface area contributed by atoms with Crippen molar-refractivity contribution in [2.75, 3.05) is 26.7 Å². The molecule has 0 bridgehead atoms. The molecule has 1 amide bonds. The van der Waals surface area contributed by atoms with Crippen LogP contribution in [0.25, 0.3) is 34.0 Å². The van der Waals surface area contributed by atoms with E-state index in [0.717, 1.165) is 70.5 Å². The first-order valence-corrected chi connectivity index (χ1v) is 14.7. The maximum absolute atomic E-state index is 12.8. The summed E-state index contributed by atoms with van der Waals surface area (Å²) in [6, 6.07) is 18.8. The Morgan fingerprint density at radius 3 is 2.71 bits per heavy atom. The molecule has 6 rings (SSSR count). The van der Waals surface area contributed by atoms with Gasteiger partial charge in [-0.15, -0.1) is 0 Å². The Bertz CT molecular complexity index is 1610. The van der Waals surface area contributed by atoms with Crippen molar-refractivity contribution in [3.8, 4) is 11.5 Å². The van der Waals surface area contributed by atoms with E-state index in [-0.39, 0.29) is 5.91 Å². The van der Waals surface area contributed by atoms with Crippen molar-refractivity contribution in [2.45, 2.75) is 45.3 Å². The number of nitrogens with one attached hydrogen (secondary N) is 2. The predicted molar refractivity (Wildman–Crippen MR) is 167 cm³/mol. The lowest BCUT2D eigenvalue weighted by atomic mass is 9.93. The van der Waals surface area contributed by atoms with Crippen LogP contribution in [0.5, 0.6) is 11.5 Å². The minimum absolute atomic E-state index is 0.0773. The lowest BCUT2D eigenvalue weighted by Gasteiger charge is -2.32. The van der Waals surface area contributed by atoms with Crippen LogP contribution in [0.4, 0.5) is 0 Å². The molecule has 1 fully saturated rings. The number of methoxy groups -OCH3 is 1. The molecule has 0 atom stereocenters. The van der Waals surface area contributed by atoms with Gasteiger partial charge in [0, 0.05) is 46.6 Å². The van der Waals surface area contributed by atoms with Crippen molar-refractivity contribution < 1.29 is 14.3 Å². The second kappa shape index (κ2) is 11.5. The molecule has 2 N–H and O–H groups in total. The van der Waals surface area contributed by atoms with E-state index in [1.807, 2.05) is 38.1 Å². The molecule has 2 aliphatic rings. The van der Waals surface area contributed by atoms with Gasteiger partial charge in [0.05, 0.1) is 12.6 Å². The van der Waals surface area contributed by atoms with Crippen LogP contribution in [0, 0.1) is 5.92 Å². The molecule has 0 spiro atoms. The van der Waals surface area contributed by atoms with Crippen LogP contribution in [-0.2, 0) is 11.3 Å². The summed E-state index contributed by atoms with van der Waals surface area (Å²) in [5.74, 6) is 2.17. The van der Waals surface area contributed by atoms with Crippen molar-refractivity contribution in [2.24, 2.45) is 5.92 Å². The third-order valence-electron chi connectivity index (χ3n) is 8.36. The number of fused-ring (bicyclic) bond motifs is 5. The number of carbonyl (C=O) groups excluding carboxylic acids is 1. The number of ether oxygens (including phenoxy) is 2. The summed E-state index contributed by atoms with van der Waals surface area (Å²) in [6.07, 6.45) is 11.1. The Morgan fingerprint density at radius 1 is 1.12 bits per heavy atom. The second-order valence-corrected chi connectivity index (χ2v) is 11.8. The SMILES string of the molecule is COc1ccc2[nH]c3c4c(c(/C=C/C(=O)NCCC5CCN(Cc6ccccc6)CC5)cc3c2c1)OC(C)(C)C=C4. The average Bonchev–Trinajstić information content (AvgIpc) is 3.34. The Labute approximate surface area is 242 Å². The van der Waals surface area contributed by atoms with Gasteiger partial charge in [0.1, 0.15) is 17.1 Å². The molecule has 1 saturated heterocycles. The monoisotopic (exact) mass is 549 g/mol. The van der Waals surface area contributed by atoms with E-state index in [1.54, 1.807) is 13.2 Å². The van der Waals surface area contributed by atoms with Crippen LogP contribution in [-0.4, -0.2) is 48.1 Å². The van der Waals surface area contributed by atoms with Gasteiger partial charge in [0.2, 0.25) is 5.91 Å². The highest BCUT2D eigenvalue weighted by Gasteiger charge is 2.26. The first-order chi connectivity index (χ1) is 19.9. The molecule has 0 radical (unpaired) electrons.